The zero-order valence-electron chi connectivity index (χ0n) is 54.2. The Bertz CT molecular complexity index is 1460. The molecule has 2 fully saturated rings. The quantitative estimate of drug-likeness (QED) is 0.0204. The van der Waals surface area contributed by atoms with Gasteiger partial charge in [-0.3, -0.25) is 4.79 Å². The first-order valence-corrected chi connectivity index (χ1v) is 35.9. The molecule has 14 heteroatoms. The van der Waals surface area contributed by atoms with E-state index in [9.17, 15) is 45.6 Å². The Balaban J connectivity index is 1.66. The van der Waals surface area contributed by atoms with Crippen molar-refractivity contribution in [3.05, 3.63) is 12.2 Å². The third-order valence-corrected chi connectivity index (χ3v) is 18.0. The van der Waals surface area contributed by atoms with Gasteiger partial charge < -0.3 is 65.1 Å². The molecule has 2 heterocycles. The van der Waals surface area contributed by atoms with Crippen LogP contribution < -0.4 is 5.32 Å². The molecule has 14 nitrogen and oxygen atoms in total. The third kappa shape index (κ3) is 39.7. The molecule has 2 saturated heterocycles. The maximum absolute atomic E-state index is 13.3. The summed E-state index contributed by atoms with van der Waals surface area (Å²) in [6.45, 7) is 2.86. The highest BCUT2D eigenvalue weighted by atomic mass is 16.7. The average Bonchev–Trinajstić information content (AvgIpc) is 3.62. The molecular formula is C70H135NO13. The first-order chi connectivity index (χ1) is 41.1. The molecule has 0 saturated carbocycles. The number of aliphatic hydroxyl groups is 8. The van der Waals surface area contributed by atoms with Crippen LogP contribution in [0.25, 0.3) is 0 Å². The van der Waals surface area contributed by atoms with Gasteiger partial charge in [0.25, 0.3) is 0 Å². The van der Waals surface area contributed by atoms with Crippen LogP contribution in [0.5, 0.6) is 0 Å². The van der Waals surface area contributed by atoms with Gasteiger partial charge in [0.1, 0.15) is 48.8 Å². The van der Waals surface area contributed by atoms with Gasteiger partial charge in [0.05, 0.1) is 32.0 Å². The third-order valence-electron chi connectivity index (χ3n) is 18.0. The van der Waals surface area contributed by atoms with E-state index >= 15 is 0 Å². The van der Waals surface area contributed by atoms with Crippen molar-refractivity contribution in [2.75, 3.05) is 19.8 Å². The lowest BCUT2D eigenvalue weighted by atomic mass is 9.97. The molecule has 0 aromatic carbocycles. The number of allylic oxidation sites excluding steroid dienone is 1. The normalized spacial score (nSPS) is 23.6. The monoisotopic (exact) mass is 1200 g/mol. The van der Waals surface area contributed by atoms with E-state index in [0.717, 1.165) is 44.9 Å². The fourth-order valence-corrected chi connectivity index (χ4v) is 12.2. The van der Waals surface area contributed by atoms with Gasteiger partial charge in [0, 0.05) is 6.42 Å². The second-order valence-corrected chi connectivity index (χ2v) is 25.7. The number of aliphatic hydroxyl groups excluding tert-OH is 8. The van der Waals surface area contributed by atoms with E-state index in [1.54, 1.807) is 6.08 Å². The highest BCUT2D eigenvalue weighted by Gasteiger charge is 2.51. The van der Waals surface area contributed by atoms with Crippen molar-refractivity contribution in [3.8, 4) is 0 Å². The lowest BCUT2D eigenvalue weighted by Gasteiger charge is -2.46. The molecular weight excluding hydrogens is 1060 g/mol. The summed E-state index contributed by atoms with van der Waals surface area (Å²) in [5.74, 6) is -0.230. The van der Waals surface area contributed by atoms with Crippen molar-refractivity contribution >= 4 is 5.91 Å². The Labute approximate surface area is 514 Å². The minimum absolute atomic E-state index is 0.230. The number of hydrogen-bond donors (Lipinski definition) is 9. The molecule has 12 atom stereocenters. The van der Waals surface area contributed by atoms with E-state index in [1.165, 1.54) is 270 Å². The van der Waals surface area contributed by atoms with Gasteiger partial charge in [-0.15, -0.1) is 0 Å². The van der Waals surface area contributed by atoms with Crippen LogP contribution in [0.1, 0.15) is 335 Å². The molecule has 0 spiro atoms. The molecule has 2 aliphatic rings. The molecule has 0 bridgehead atoms. The van der Waals surface area contributed by atoms with Crippen LogP contribution in [0, 0.1) is 0 Å². The van der Waals surface area contributed by atoms with Crippen LogP contribution >= 0.6 is 0 Å². The lowest BCUT2D eigenvalue weighted by molar-refractivity contribution is -0.359. The molecule has 0 aromatic rings. The molecule has 12 unspecified atom stereocenters. The summed E-state index contributed by atoms with van der Waals surface area (Å²) in [5, 5.41) is 87.5. The van der Waals surface area contributed by atoms with Gasteiger partial charge in [-0.05, 0) is 19.3 Å². The minimum atomic E-state index is -1.79. The van der Waals surface area contributed by atoms with Crippen molar-refractivity contribution in [1.82, 2.24) is 5.32 Å². The summed E-state index contributed by atoms with van der Waals surface area (Å²) in [6, 6.07) is -0.911. The Morgan fingerprint density at radius 1 is 0.417 bits per heavy atom. The van der Waals surface area contributed by atoms with E-state index in [1.807, 2.05) is 6.08 Å². The van der Waals surface area contributed by atoms with Gasteiger partial charge in [-0.2, -0.15) is 0 Å². The van der Waals surface area contributed by atoms with E-state index in [-0.39, 0.29) is 18.9 Å². The Hall–Kier alpha value is -1.27. The van der Waals surface area contributed by atoms with E-state index < -0.39 is 86.8 Å². The maximum atomic E-state index is 13.3. The number of hydrogen-bond acceptors (Lipinski definition) is 13. The van der Waals surface area contributed by atoms with Crippen LogP contribution in [0.2, 0.25) is 0 Å². The second kappa shape index (κ2) is 55.8. The van der Waals surface area contributed by atoms with Crippen LogP contribution in [-0.2, 0) is 23.7 Å². The van der Waals surface area contributed by atoms with Crippen LogP contribution in [-0.4, -0.2) is 140 Å². The number of nitrogens with one attached hydrogen (secondary N) is 1. The van der Waals surface area contributed by atoms with Gasteiger partial charge >= 0.3 is 0 Å². The minimum Gasteiger partial charge on any atom is -0.394 e. The summed E-state index contributed by atoms with van der Waals surface area (Å²) < 4.78 is 22.9. The highest BCUT2D eigenvalue weighted by Crippen LogP contribution is 2.30. The van der Waals surface area contributed by atoms with Crippen molar-refractivity contribution < 1.29 is 64.6 Å². The average molecular weight is 1200 g/mol. The number of carbonyl (C=O) groups excluding carboxylic acids is 1. The first-order valence-electron chi connectivity index (χ1n) is 35.9. The van der Waals surface area contributed by atoms with Crippen molar-refractivity contribution in [2.24, 2.45) is 0 Å². The first kappa shape index (κ1) is 78.8. The molecule has 0 aromatic heterocycles. The molecule has 0 radical (unpaired) electrons. The predicted octanol–water partition coefficient (Wildman–Crippen LogP) is 14.6. The van der Waals surface area contributed by atoms with Gasteiger partial charge in [-0.25, -0.2) is 0 Å². The summed E-state index contributed by atoms with van der Waals surface area (Å²) in [6.07, 6.45) is 51.3. The van der Waals surface area contributed by atoms with Crippen LogP contribution in [0.3, 0.4) is 0 Å². The summed E-state index contributed by atoms with van der Waals surface area (Å²) in [5.41, 5.74) is 0. The largest absolute Gasteiger partial charge is 0.394 e. The van der Waals surface area contributed by atoms with E-state index in [2.05, 4.69) is 19.2 Å². The number of ether oxygens (including phenoxy) is 4. The van der Waals surface area contributed by atoms with Crippen molar-refractivity contribution in [1.29, 1.82) is 0 Å². The molecule has 1 amide bonds. The number of carbonyl (C=O) groups is 1. The molecule has 498 valence electrons. The standard InChI is InChI=1S/C70H135NO13/c1-3-5-7-9-11-13-15-17-19-21-23-25-27-28-29-30-31-32-34-36-38-40-42-44-46-48-50-52-54-62(75)71-58(57-81-69-67(80)65(78)68(61(56-73)83-69)84-70-66(79)64(77)63(76)60(55-72)82-70)59(74)53-51-49-47-45-43-41-39-37-35-33-26-24-22-20-18-16-14-12-10-8-6-4-2/h51,53,58-61,63-70,72-74,76-80H,3-50,52,54-57H2,1-2H3,(H,71,75)/b53-51+. The van der Waals surface area contributed by atoms with Gasteiger partial charge in [-0.1, -0.05) is 321 Å². The number of rotatable bonds is 60. The van der Waals surface area contributed by atoms with Gasteiger partial charge in [0.2, 0.25) is 5.91 Å². The lowest BCUT2D eigenvalue weighted by Crippen LogP contribution is -2.65. The Morgan fingerprint density at radius 2 is 0.738 bits per heavy atom. The Morgan fingerprint density at radius 3 is 1.10 bits per heavy atom. The molecule has 0 aliphatic carbocycles. The van der Waals surface area contributed by atoms with E-state index in [4.69, 9.17) is 18.9 Å². The van der Waals surface area contributed by atoms with Gasteiger partial charge in [0.15, 0.2) is 12.6 Å². The molecule has 2 aliphatic heterocycles. The molecule has 84 heavy (non-hydrogen) atoms. The number of amides is 1. The van der Waals surface area contributed by atoms with Crippen molar-refractivity contribution in [3.63, 3.8) is 0 Å². The fraction of sp³-hybridized carbons (Fsp3) is 0.957. The molecule has 2 rings (SSSR count). The zero-order chi connectivity index (χ0) is 60.9. The topological polar surface area (TPSA) is 228 Å². The maximum Gasteiger partial charge on any atom is 0.220 e. The summed E-state index contributed by atoms with van der Waals surface area (Å²) in [4.78, 5) is 13.3. The van der Waals surface area contributed by atoms with E-state index in [0.29, 0.717) is 0 Å². The van der Waals surface area contributed by atoms with Crippen LogP contribution in [0.15, 0.2) is 12.2 Å². The molecule has 9 N–H and O–H groups in total. The van der Waals surface area contributed by atoms with Crippen molar-refractivity contribution in [2.45, 2.75) is 408 Å². The Kier molecular flexibility index (Phi) is 52.3. The fourth-order valence-electron chi connectivity index (χ4n) is 12.2. The smallest absolute Gasteiger partial charge is 0.220 e. The number of unbranched alkanes of at least 4 members (excludes halogenated alkanes) is 47. The SMILES string of the molecule is CCCCCCCCCCCCCCCCCCCCCC/C=C/C(O)C(COC1OC(CO)C(OC2OC(CO)C(O)C(O)C2O)C(O)C1O)NC(=O)CCCCCCCCCCCCCCCCCCCCCCCCCCCCCC. The van der Waals surface area contributed by atoms with Crippen LogP contribution in [0.4, 0.5) is 0 Å². The predicted molar refractivity (Wildman–Crippen MR) is 342 cm³/mol. The zero-order valence-corrected chi connectivity index (χ0v) is 54.2. The highest BCUT2D eigenvalue weighted by molar-refractivity contribution is 5.76. The summed E-state index contributed by atoms with van der Waals surface area (Å²) >= 11 is 0. The second-order valence-electron chi connectivity index (χ2n) is 25.7. The summed E-state index contributed by atoms with van der Waals surface area (Å²) in [7, 11) is 0.